The van der Waals surface area contributed by atoms with E-state index in [1.807, 2.05) is 24.3 Å². The van der Waals surface area contributed by atoms with Crippen molar-refractivity contribution in [3.8, 4) is 0 Å². The van der Waals surface area contributed by atoms with E-state index in [2.05, 4.69) is 36.6 Å². The smallest absolute Gasteiger partial charge is 0.0850 e. The van der Waals surface area contributed by atoms with Crippen molar-refractivity contribution in [1.29, 1.82) is 0 Å². The Kier molecular flexibility index (Phi) is 5.77. The second-order valence-electron chi connectivity index (χ2n) is 4.79. The van der Waals surface area contributed by atoms with E-state index in [1.54, 1.807) is 0 Å². The van der Waals surface area contributed by atoms with Crippen LogP contribution in [-0.2, 0) is 12.8 Å². The molecule has 0 aliphatic carbocycles. The molecule has 0 heterocycles. The molecule has 0 atom stereocenters. The van der Waals surface area contributed by atoms with Crippen molar-refractivity contribution in [3.05, 3.63) is 57.6 Å². The molecule has 0 aromatic heterocycles. The first-order valence-electron chi connectivity index (χ1n) is 7.19. The molecule has 0 radical (unpaired) electrons. The molecular weight excluding hydrogens is 303 g/mol. The third kappa shape index (κ3) is 3.84. The average Bonchev–Trinajstić information content (AvgIpc) is 2.50. The predicted molar refractivity (Wildman–Crippen MR) is 93.8 cm³/mol. The summed E-state index contributed by atoms with van der Waals surface area (Å²) in [4.78, 5) is 0. The maximum atomic E-state index is 6.26. The highest BCUT2D eigenvalue weighted by Crippen LogP contribution is 2.28. The molecule has 2 aromatic carbocycles. The summed E-state index contributed by atoms with van der Waals surface area (Å²) < 4.78 is 0. The van der Waals surface area contributed by atoms with E-state index < -0.39 is 0 Å². The van der Waals surface area contributed by atoms with E-state index in [0.29, 0.717) is 6.67 Å². The highest BCUT2D eigenvalue weighted by molar-refractivity contribution is 6.33. The highest BCUT2D eigenvalue weighted by Gasteiger charge is 2.07. The van der Waals surface area contributed by atoms with Gasteiger partial charge >= 0.3 is 0 Å². The molecule has 21 heavy (non-hydrogen) atoms. The van der Waals surface area contributed by atoms with Crippen molar-refractivity contribution < 1.29 is 0 Å². The van der Waals surface area contributed by atoms with Gasteiger partial charge in [0.1, 0.15) is 0 Å². The molecule has 0 bridgehead atoms. The van der Waals surface area contributed by atoms with Gasteiger partial charge in [0.25, 0.3) is 0 Å². The zero-order valence-electron chi connectivity index (χ0n) is 12.3. The summed E-state index contributed by atoms with van der Waals surface area (Å²) in [5.74, 6) is 0. The van der Waals surface area contributed by atoms with Gasteiger partial charge in [0.15, 0.2) is 0 Å². The molecule has 112 valence electrons. The van der Waals surface area contributed by atoms with E-state index in [-0.39, 0.29) is 0 Å². The summed E-state index contributed by atoms with van der Waals surface area (Å²) in [6, 6.07) is 11.9. The maximum Gasteiger partial charge on any atom is 0.0850 e. The molecule has 4 heteroatoms. The minimum atomic E-state index is 0.577. The third-order valence-corrected chi connectivity index (χ3v) is 4.12. The number of hydrogen-bond donors (Lipinski definition) is 2. The Bertz CT molecular complexity index is 558. The van der Waals surface area contributed by atoms with Crippen LogP contribution in [-0.4, -0.2) is 6.67 Å². The van der Waals surface area contributed by atoms with Crippen LogP contribution in [0, 0.1) is 0 Å². The molecule has 0 aliphatic heterocycles. The number of hydrogen-bond acceptors (Lipinski definition) is 2. The molecular formula is C17H20Cl2N2. The molecule has 0 fully saturated rings. The van der Waals surface area contributed by atoms with Gasteiger partial charge in [0, 0.05) is 0 Å². The van der Waals surface area contributed by atoms with E-state index in [1.165, 1.54) is 11.1 Å². The minimum absolute atomic E-state index is 0.577. The zero-order valence-corrected chi connectivity index (χ0v) is 13.9. The van der Waals surface area contributed by atoms with Crippen LogP contribution in [0.3, 0.4) is 0 Å². The van der Waals surface area contributed by atoms with Gasteiger partial charge in [-0.1, -0.05) is 61.3 Å². The largest absolute Gasteiger partial charge is 0.367 e. The molecule has 0 unspecified atom stereocenters. The van der Waals surface area contributed by atoms with Gasteiger partial charge in [-0.3, -0.25) is 0 Å². The second kappa shape index (κ2) is 7.58. The summed E-state index contributed by atoms with van der Waals surface area (Å²) in [5, 5.41) is 8.20. The summed E-state index contributed by atoms with van der Waals surface area (Å²) in [6.45, 7) is 4.81. The van der Waals surface area contributed by atoms with Crippen molar-refractivity contribution >= 4 is 34.6 Å². The van der Waals surface area contributed by atoms with E-state index in [0.717, 1.165) is 34.3 Å². The van der Waals surface area contributed by atoms with E-state index in [9.17, 15) is 0 Å². The lowest BCUT2D eigenvalue weighted by molar-refractivity contribution is 1.10. The van der Waals surface area contributed by atoms with Crippen LogP contribution in [0.1, 0.15) is 25.0 Å². The topological polar surface area (TPSA) is 24.1 Å². The molecule has 2 nitrogen and oxygen atoms in total. The fourth-order valence-corrected chi connectivity index (χ4v) is 2.87. The lowest BCUT2D eigenvalue weighted by Gasteiger charge is -2.16. The Hall–Kier alpha value is -1.38. The van der Waals surface area contributed by atoms with Crippen LogP contribution in [0.25, 0.3) is 0 Å². The Balaban J connectivity index is 2.09. The van der Waals surface area contributed by atoms with Crippen molar-refractivity contribution in [2.24, 2.45) is 0 Å². The van der Waals surface area contributed by atoms with E-state index >= 15 is 0 Å². The number of rotatable bonds is 6. The number of aryl methyl sites for hydroxylation is 2. The lowest BCUT2D eigenvalue weighted by Crippen LogP contribution is -2.14. The molecule has 2 rings (SSSR count). The zero-order chi connectivity index (χ0) is 15.2. The standard InChI is InChI=1S/C17H20Cl2N2/c1-3-12-7-5-9-14(18)16(12)20-11-21-17-13(4-2)8-6-10-15(17)19/h5-10,20-21H,3-4,11H2,1-2H3. The van der Waals surface area contributed by atoms with Crippen molar-refractivity contribution in [3.63, 3.8) is 0 Å². The van der Waals surface area contributed by atoms with Crippen LogP contribution < -0.4 is 10.6 Å². The van der Waals surface area contributed by atoms with Crippen molar-refractivity contribution in [2.75, 3.05) is 17.3 Å². The summed E-state index contributed by atoms with van der Waals surface area (Å²) in [7, 11) is 0. The van der Waals surface area contributed by atoms with E-state index in [4.69, 9.17) is 23.2 Å². The molecule has 0 aliphatic rings. The first-order valence-corrected chi connectivity index (χ1v) is 7.95. The van der Waals surface area contributed by atoms with Crippen LogP contribution in [0.15, 0.2) is 36.4 Å². The Morgan fingerprint density at radius 1 is 0.762 bits per heavy atom. The minimum Gasteiger partial charge on any atom is -0.367 e. The molecule has 0 spiro atoms. The van der Waals surface area contributed by atoms with Gasteiger partial charge in [-0.05, 0) is 36.1 Å². The Morgan fingerprint density at radius 2 is 1.19 bits per heavy atom. The van der Waals surface area contributed by atoms with Crippen molar-refractivity contribution in [1.82, 2.24) is 0 Å². The Labute approximate surface area is 136 Å². The van der Waals surface area contributed by atoms with Gasteiger partial charge in [-0.2, -0.15) is 0 Å². The van der Waals surface area contributed by atoms with Crippen LogP contribution in [0.5, 0.6) is 0 Å². The maximum absolute atomic E-state index is 6.26. The Morgan fingerprint density at radius 3 is 1.57 bits per heavy atom. The molecule has 2 aromatic rings. The quantitative estimate of drug-likeness (QED) is 0.676. The second-order valence-corrected chi connectivity index (χ2v) is 5.60. The lowest BCUT2D eigenvalue weighted by atomic mass is 10.1. The first-order chi connectivity index (χ1) is 10.2. The molecule has 2 N–H and O–H groups in total. The van der Waals surface area contributed by atoms with Crippen LogP contribution in [0.2, 0.25) is 10.0 Å². The van der Waals surface area contributed by atoms with Gasteiger partial charge in [0.05, 0.1) is 28.1 Å². The number of halogens is 2. The van der Waals surface area contributed by atoms with Crippen LogP contribution >= 0.6 is 23.2 Å². The first kappa shape index (κ1) is 16.0. The monoisotopic (exact) mass is 322 g/mol. The molecule has 0 amide bonds. The number of nitrogens with one attached hydrogen (secondary N) is 2. The highest BCUT2D eigenvalue weighted by atomic mass is 35.5. The number of para-hydroxylation sites is 2. The van der Waals surface area contributed by atoms with Crippen LogP contribution in [0.4, 0.5) is 11.4 Å². The SMILES string of the molecule is CCc1cccc(Cl)c1NCNc1c(Cl)cccc1CC. The fraction of sp³-hybridized carbons (Fsp3) is 0.294. The fourth-order valence-electron chi connectivity index (χ4n) is 2.34. The van der Waals surface area contributed by atoms with Gasteiger partial charge in [-0.15, -0.1) is 0 Å². The van der Waals surface area contributed by atoms with Gasteiger partial charge in [0.2, 0.25) is 0 Å². The van der Waals surface area contributed by atoms with Gasteiger partial charge in [-0.25, -0.2) is 0 Å². The average molecular weight is 323 g/mol. The predicted octanol–water partition coefficient (Wildman–Crippen LogP) is 5.60. The summed E-state index contributed by atoms with van der Waals surface area (Å²) >= 11 is 12.5. The number of anilines is 2. The molecule has 0 saturated heterocycles. The third-order valence-electron chi connectivity index (χ3n) is 3.49. The summed E-state index contributed by atoms with van der Waals surface area (Å²) in [5.41, 5.74) is 4.39. The van der Waals surface area contributed by atoms with Crippen molar-refractivity contribution in [2.45, 2.75) is 26.7 Å². The summed E-state index contributed by atoms with van der Waals surface area (Å²) in [6.07, 6.45) is 1.88. The normalized spacial score (nSPS) is 10.5. The molecule has 0 saturated carbocycles. The van der Waals surface area contributed by atoms with Gasteiger partial charge < -0.3 is 10.6 Å². The number of benzene rings is 2.